The van der Waals surface area contributed by atoms with E-state index in [1.807, 2.05) is 12.1 Å². The molecule has 0 bridgehead atoms. The first-order valence-electron chi connectivity index (χ1n) is 18.6. The summed E-state index contributed by atoms with van der Waals surface area (Å²) in [5.41, 5.74) is 4.26. The van der Waals surface area contributed by atoms with E-state index in [-0.39, 0.29) is 27.4 Å². The fraction of sp³-hybridized carbons (Fsp3) is 0.463. The lowest BCUT2D eigenvalue weighted by molar-refractivity contribution is -0.111. The molecule has 1 unspecified atom stereocenters. The van der Waals surface area contributed by atoms with E-state index in [9.17, 15) is 18.0 Å². The molecule has 52 heavy (non-hydrogen) atoms. The molecule has 0 spiro atoms. The van der Waals surface area contributed by atoms with Gasteiger partial charge in [0.15, 0.2) is 0 Å². The first-order chi connectivity index (χ1) is 25.1. The normalized spacial score (nSPS) is 24.5. The van der Waals surface area contributed by atoms with Crippen molar-refractivity contribution in [2.45, 2.75) is 60.0 Å². The van der Waals surface area contributed by atoms with Gasteiger partial charge >= 0.3 is 6.09 Å². The number of rotatable bonds is 10. The van der Waals surface area contributed by atoms with Gasteiger partial charge in [-0.3, -0.25) is 4.79 Å². The minimum absolute atomic E-state index is 0.0535. The number of anilines is 2. The summed E-state index contributed by atoms with van der Waals surface area (Å²) in [6.07, 6.45) is 6.09. The van der Waals surface area contributed by atoms with E-state index in [0.717, 1.165) is 89.7 Å². The molecule has 4 aliphatic rings. The molecule has 11 heteroatoms. The summed E-state index contributed by atoms with van der Waals surface area (Å²) in [7, 11) is 0.136. The number of likely N-dealkylation sites (N-methyl/N-ethyl adjacent to an activating group) is 1. The van der Waals surface area contributed by atoms with Crippen LogP contribution >= 0.6 is 0 Å². The van der Waals surface area contributed by atoms with Crippen LogP contribution < -0.4 is 15.5 Å². The van der Waals surface area contributed by atoms with Crippen molar-refractivity contribution in [2.24, 2.45) is 17.8 Å². The number of nitrogens with zero attached hydrogens (tertiary/aromatic N) is 3. The second-order valence-electron chi connectivity index (χ2n) is 15.2. The van der Waals surface area contributed by atoms with Crippen LogP contribution in [0, 0.1) is 17.8 Å². The van der Waals surface area contributed by atoms with E-state index < -0.39 is 15.7 Å². The number of likely N-dealkylation sites (tertiary alicyclic amines) is 1. The smallest absolute Gasteiger partial charge is 0.407 e. The maximum Gasteiger partial charge on any atom is 0.407 e. The van der Waals surface area contributed by atoms with Gasteiger partial charge in [0, 0.05) is 68.4 Å². The molecule has 2 amide bonds. The van der Waals surface area contributed by atoms with Crippen LogP contribution in [-0.2, 0) is 31.3 Å². The number of ether oxygens (including phenoxy) is 1. The fourth-order valence-electron chi connectivity index (χ4n) is 9.61. The maximum atomic E-state index is 13.4. The lowest BCUT2D eigenvalue weighted by Crippen LogP contribution is -2.58. The summed E-state index contributed by atoms with van der Waals surface area (Å²) in [6, 6.07) is 22.4. The van der Waals surface area contributed by atoms with Gasteiger partial charge < -0.3 is 30.1 Å². The molecule has 1 aliphatic carbocycles. The molecule has 10 nitrogen and oxygen atoms in total. The molecule has 3 atom stereocenters. The van der Waals surface area contributed by atoms with Crippen molar-refractivity contribution in [3.63, 3.8) is 0 Å². The molecular formula is C41H51N5O5S. The van der Waals surface area contributed by atoms with Gasteiger partial charge in [-0.25, -0.2) is 13.2 Å². The van der Waals surface area contributed by atoms with Crippen molar-refractivity contribution < 1.29 is 22.7 Å². The second-order valence-corrected chi connectivity index (χ2v) is 17.1. The number of hydrogen-bond acceptors (Lipinski definition) is 8. The quantitative estimate of drug-likeness (QED) is 0.256. The number of nitrogens with one attached hydrogen (secondary N) is 2. The van der Waals surface area contributed by atoms with Crippen molar-refractivity contribution >= 4 is 33.2 Å². The predicted octanol–water partition coefficient (Wildman–Crippen LogP) is 5.70. The second kappa shape index (κ2) is 15.0. The molecule has 3 aromatic rings. The highest BCUT2D eigenvalue weighted by atomic mass is 32.2. The lowest BCUT2D eigenvalue weighted by atomic mass is 9.56. The number of carbonyl (C=O) groups excluding carboxylic acids is 2. The molecule has 3 heterocycles. The highest BCUT2D eigenvalue weighted by molar-refractivity contribution is 7.91. The van der Waals surface area contributed by atoms with E-state index in [2.05, 4.69) is 63.2 Å². The molecule has 276 valence electrons. The Morgan fingerprint density at radius 3 is 2.44 bits per heavy atom. The number of sulfone groups is 1. The molecule has 2 saturated heterocycles. The van der Waals surface area contributed by atoms with Crippen LogP contribution in [0.1, 0.15) is 43.2 Å². The Morgan fingerprint density at radius 2 is 1.71 bits per heavy atom. The lowest BCUT2D eigenvalue weighted by Gasteiger charge is -2.54. The van der Waals surface area contributed by atoms with E-state index in [1.165, 1.54) is 23.3 Å². The molecule has 1 saturated carbocycles. The number of piperidine rings is 1. The average Bonchev–Trinajstić information content (AvgIpc) is 3.61. The first-order valence-corrected chi connectivity index (χ1v) is 20.1. The zero-order chi connectivity index (χ0) is 36.5. The zero-order valence-corrected chi connectivity index (χ0v) is 31.1. The Balaban J connectivity index is 0.975. The van der Waals surface area contributed by atoms with Crippen molar-refractivity contribution in [3.05, 3.63) is 96.6 Å². The maximum absolute atomic E-state index is 13.4. The van der Waals surface area contributed by atoms with E-state index >= 15 is 0 Å². The molecule has 3 aliphatic heterocycles. The minimum atomic E-state index is -3.75. The number of amides is 2. The van der Waals surface area contributed by atoms with Crippen LogP contribution in [0.4, 0.5) is 16.2 Å². The van der Waals surface area contributed by atoms with Gasteiger partial charge in [0.2, 0.25) is 15.7 Å². The van der Waals surface area contributed by atoms with Gasteiger partial charge in [0.25, 0.3) is 0 Å². The third-order valence-electron chi connectivity index (χ3n) is 12.0. The fourth-order valence-corrected chi connectivity index (χ4v) is 10.9. The molecule has 0 aromatic heterocycles. The molecular weight excluding hydrogens is 675 g/mol. The van der Waals surface area contributed by atoms with Crippen LogP contribution in [0.15, 0.2) is 95.2 Å². The van der Waals surface area contributed by atoms with Crippen LogP contribution in [0.2, 0.25) is 0 Å². The van der Waals surface area contributed by atoms with Gasteiger partial charge in [0.1, 0.15) is 6.10 Å². The van der Waals surface area contributed by atoms with Crippen LogP contribution in [0.5, 0.6) is 0 Å². The van der Waals surface area contributed by atoms with Crippen molar-refractivity contribution in [1.82, 2.24) is 15.1 Å². The number of carbonyl (C=O) groups is 2. The molecule has 2 N–H and O–H groups in total. The number of alkyl carbamates (subject to hydrolysis) is 1. The van der Waals surface area contributed by atoms with Crippen molar-refractivity contribution in [1.29, 1.82) is 0 Å². The van der Waals surface area contributed by atoms with Gasteiger partial charge in [0.05, 0.1) is 9.79 Å². The Labute approximate surface area is 308 Å². The van der Waals surface area contributed by atoms with E-state index in [0.29, 0.717) is 23.4 Å². The number of benzene rings is 3. The zero-order valence-electron chi connectivity index (χ0n) is 30.3. The summed E-state index contributed by atoms with van der Waals surface area (Å²) in [4.78, 5) is 31.9. The summed E-state index contributed by atoms with van der Waals surface area (Å²) in [5.74, 6) is 0.963. The van der Waals surface area contributed by atoms with Gasteiger partial charge in [-0.2, -0.15) is 0 Å². The summed E-state index contributed by atoms with van der Waals surface area (Å²) in [6.45, 7) is 10.5. The third kappa shape index (κ3) is 7.10. The van der Waals surface area contributed by atoms with Gasteiger partial charge in [-0.05, 0) is 118 Å². The Morgan fingerprint density at radius 1 is 0.962 bits per heavy atom. The minimum Gasteiger partial charge on any atom is -0.446 e. The Bertz CT molecular complexity index is 1890. The molecule has 7 rings (SSSR count). The number of hydrogen-bond donors (Lipinski definition) is 2. The van der Waals surface area contributed by atoms with Crippen molar-refractivity contribution in [2.75, 3.05) is 63.6 Å². The monoisotopic (exact) mass is 725 g/mol. The van der Waals surface area contributed by atoms with Gasteiger partial charge in [-0.1, -0.05) is 36.9 Å². The number of fused-ring (bicyclic) bond motifs is 1. The third-order valence-corrected chi connectivity index (χ3v) is 13.7. The van der Waals surface area contributed by atoms with Crippen molar-refractivity contribution in [3.8, 4) is 0 Å². The highest BCUT2D eigenvalue weighted by Crippen LogP contribution is 2.54. The Hall–Kier alpha value is -4.19. The summed E-state index contributed by atoms with van der Waals surface area (Å²) in [5, 5.41) is 5.31. The SMILES string of the molecule is C=CC(=O)Nc1cccc(S(=O)(=O)c2ccc(N3CC(CN4CCC([C@@]5(C6CCC[C@@H]6OC(=O)NC)CN(C)Cc6ccccc65)CC4)C3)cc2)c1. The highest BCUT2D eigenvalue weighted by Gasteiger charge is 2.55. The Kier molecular flexibility index (Phi) is 10.5. The molecule has 0 radical (unpaired) electrons. The van der Waals surface area contributed by atoms with Crippen LogP contribution in [0.3, 0.4) is 0 Å². The topological polar surface area (TPSA) is 111 Å². The average molecular weight is 726 g/mol. The van der Waals surface area contributed by atoms with Gasteiger partial charge in [-0.15, -0.1) is 0 Å². The molecule has 3 fully saturated rings. The first kappa shape index (κ1) is 36.2. The van der Waals surface area contributed by atoms with E-state index in [4.69, 9.17) is 4.74 Å². The molecule has 3 aromatic carbocycles. The summed E-state index contributed by atoms with van der Waals surface area (Å²) < 4.78 is 32.8. The summed E-state index contributed by atoms with van der Waals surface area (Å²) >= 11 is 0. The van der Waals surface area contributed by atoms with Crippen LogP contribution in [0.25, 0.3) is 0 Å². The largest absolute Gasteiger partial charge is 0.446 e. The van der Waals surface area contributed by atoms with Crippen LogP contribution in [-0.4, -0.2) is 89.7 Å². The standard InChI is InChI=1S/C41H51N5O5S/c1-4-39(47)43-32-10-7-11-35(23-32)52(49,50)34-17-15-33(16-18-34)46-25-29(26-46)24-45-21-19-31(20-22-45)41(37-13-8-14-38(37)51-40(48)42-2)28-44(3)27-30-9-5-6-12-36(30)41/h4-7,9-12,15-18,23,29,31,37-38H,1,8,13-14,19-22,24-28H2,2-3H3,(H,42,48)(H,43,47)/t37?,38-,41-/m0/s1. The van der Waals surface area contributed by atoms with E-state index in [1.54, 1.807) is 31.3 Å². The predicted molar refractivity (Wildman–Crippen MR) is 203 cm³/mol.